The lowest BCUT2D eigenvalue weighted by Gasteiger charge is -2.33. The van der Waals surface area contributed by atoms with E-state index >= 15 is 0 Å². The molecule has 2 aromatic rings. The van der Waals surface area contributed by atoms with Gasteiger partial charge in [-0.3, -0.25) is 4.79 Å². The van der Waals surface area contributed by atoms with E-state index in [1.165, 1.54) is 5.56 Å². The molecule has 1 fully saturated rings. The Labute approximate surface area is 168 Å². The molecule has 1 heterocycles. The van der Waals surface area contributed by atoms with Crippen molar-refractivity contribution in [1.82, 2.24) is 4.90 Å². The number of thiocarbonyl (C=S) groups is 1. The highest BCUT2D eigenvalue weighted by Gasteiger charge is 2.26. The van der Waals surface area contributed by atoms with Crippen LogP contribution in [0.1, 0.15) is 34.3 Å². The molecule has 0 bridgehead atoms. The number of anilines is 1. The van der Waals surface area contributed by atoms with Crippen molar-refractivity contribution in [3.8, 4) is 0 Å². The van der Waals surface area contributed by atoms with Gasteiger partial charge in [0.15, 0.2) is 10.9 Å². The molecule has 1 N–H and O–H groups in total. The van der Waals surface area contributed by atoms with Crippen LogP contribution in [0, 0.1) is 19.8 Å². The van der Waals surface area contributed by atoms with Gasteiger partial charge in [0.2, 0.25) is 0 Å². The highest BCUT2D eigenvalue weighted by atomic mass is 79.9. The fourth-order valence-corrected chi connectivity index (χ4v) is 4.03. The number of likely N-dealkylation sites (tertiary alicyclic amines) is 1. The molecular formula is C21H23BrN2OS. The topological polar surface area (TPSA) is 32.3 Å². The first-order valence-corrected chi connectivity index (χ1v) is 10.1. The number of aryl methyl sites for hydroxylation is 2. The zero-order chi connectivity index (χ0) is 18.7. The molecule has 2 aromatic carbocycles. The number of halogens is 1. The zero-order valence-electron chi connectivity index (χ0n) is 15.1. The minimum absolute atomic E-state index is 0.0890. The second-order valence-electron chi connectivity index (χ2n) is 6.88. The summed E-state index contributed by atoms with van der Waals surface area (Å²) in [6.45, 7) is 5.71. The van der Waals surface area contributed by atoms with Gasteiger partial charge in [0.1, 0.15) is 0 Å². The molecule has 3 nitrogen and oxygen atoms in total. The largest absolute Gasteiger partial charge is 0.349 e. The number of hydrogen-bond acceptors (Lipinski definition) is 2. The van der Waals surface area contributed by atoms with E-state index in [1.54, 1.807) is 0 Å². The average molecular weight is 431 g/mol. The number of benzene rings is 2. The molecule has 0 atom stereocenters. The summed E-state index contributed by atoms with van der Waals surface area (Å²) >= 11 is 9.06. The molecule has 136 valence electrons. The van der Waals surface area contributed by atoms with Crippen molar-refractivity contribution in [3.63, 3.8) is 0 Å². The van der Waals surface area contributed by atoms with Crippen LogP contribution in [0.25, 0.3) is 0 Å². The van der Waals surface area contributed by atoms with Crippen LogP contribution in [-0.4, -0.2) is 28.9 Å². The normalized spacial score (nSPS) is 15.0. The van der Waals surface area contributed by atoms with Crippen LogP contribution in [0.15, 0.2) is 46.9 Å². The first-order chi connectivity index (χ1) is 12.4. The number of carbonyl (C=O) groups is 1. The van der Waals surface area contributed by atoms with Gasteiger partial charge in [-0.05, 0) is 62.7 Å². The average Bonchev–Trinajstić information content (AvgIpc) is 2.64. The van der Waals surface area contributed by atoms with Gasteiger partial charge in [0, 0.05) is 34.7 Å². The molecule has 0 unspecified atom stereocenters. The maximum Gasteiger partial charge on any atom is 0.173 e. The second-order valence-corrected chi connectivity index (χ2v) is 8.18. The van der Waals surface area contributed by atoms with Crippen LogP contribution < -0.4 is 5.32 Å². The smallest absolute Gasteiger partial charge is 0.173 e. The van der Waals surface area contributed by atoms with Gasteiger partial charge < -0.3 is 10.2 Å². The van der Waals surface area contributed by atoms with Crippen molar-refractivity contribution in [2.75, 3.05) is 18.4 Å². The third kappa shape index (κ3) is 4.51. The Morgan fingerprint density at radius 3 is 2.38 bits per heavy atom. The van der Waals surface area contributed by atoms with Crippen molar-refractivity contribution < 1.29 is 4.79 Å². The van der Waals surface area contributed by atoms with Crippen molar-refractivity contribution in [1.29, 1.82) is 0 Å². The molecule has 0 spiro atoms. The number of nitrogens with zero attached hydrogens (tertiary/aromatic N) is 1. The molecule has 0 saturated carbocycles. The van der Waals surface area contributed by atoms with Crippen molar-refractivity contribution in [2.24, 2.45) is 5.92 Å². The molecule has 26 heavy (non-hydrogen) atoms. The number of hydrogen-bond donors (Lipinski definition) is 1. The SMILES string of the molecule is Cc1ccc(C(=O)C2CCN(C(=S)Nc3ccc(Br)cc3C)CC2)cc1. The maximum atomic E-state index is 12.7. The summed E-state index contributed by atoms with van der Waals surface area (Å²) in [7, 11) is 0. The molecule has 0 aliphatic carbocycles. The van der Waals surface area contributed by atoms with Gasteiger partial charge in [0.05, 0.1) is 0 Å². The Hall–Kier alpha value is -1.72. The summed E-state index contributed by atoms with van der Waals surface area (Å²) in [5.41, 5.74) is 4.17. The molecule has 5 heteroatoms. The van der Waals surface area contributed by atoms with Gasteiger partial charge in [0.25, 0.3) is 0 Å². The Morgan fingerprint density at radius 2 is 1.77 bits per heavy atom. The van der Waals surface area contributed by atoms with Crippen molar-refractivity contribution in [2.45, 2.75) is 26.7 Å². The Balaban J connectivity index is 1.56. The highest BCUT2D eigenvalue weighted by Crippen LogP contribution is 2.24. The highest BCUT2D eigenvalue weighted by molar-refractivity contribution is 9.10. The molecule has 0 radical (unpaired) electrons. The minimum Gasteiger partial charge on any atom is -0.349 e. The number of Topliss-reactive ketones (excluding diaryl/α,β-unsaturated/α-hetero) is 1. The molecule has 3 rings (SSSR count). The summed E-state index contributed by atoms with van der Waals surface area (Å²) in [5.74, 6) is 0.346. The lowest BCUT2D eigenvalue weighted by molar-refractivity contribution is 0.0873. The van der Waals surface area contributed by atoms with Gasteiger partial charge in [-0.1, -0.05) is 45.8 Å². The number of piperidine rings is 1. The van der Waals surface area contributed by atoms with Gasteiger partial charge >= 0.3 is 0 Å². The molecular weight excluding hydrogens is 408 g/mol. The molecule has 1 aliphatic heterocycles. The first kappa shape index (κ1) is 19.1. The van der Waals surface area contributed by atoms with Gasteiger partial charge in [-0.25, -0.2) is 0 Å². The van der Waals surface area contributed by atoms with Crippen LogP contribution in [0.3, 0.4) is 0 Å². The molecule has 0 amide bonds. The zero-order valence-corrected chi connectivity index (χ0v) is 17.5. The van der Waals surface area contributed by atoms with E-state index in [4.69, 9.17) is 12.2 Å². The van der Waals surface area contributed by atoms with Crippen molar-refractivity contribution >= 4 is 44.7 Å². The summed E-state index contributed by atoms with van der Waals surface area (Å²) < 4.78 is 1.06. The summed E-state index contributed by atoms with van der Waals surface area (Å²) in [5, 5.41) is 4.07. The Kier molecular flexibility index (Phi) is 6.09. The standard InChI is InChI=1S/C21H23BrN2OS/c1-14-3-5-16(6-4-14)20(25)17-9-11-24(12-10-17)21(26)23-19-8-7-18(22)13-15(19)2/h3-8,13,17H,9-12H2,1-2H3,(H,23,26). The minimum atomic E-state index is 0.0890. The monoisotopic (exact) mass is 430 g/mol. The summed E-state index contributed by atoms with van der Waals surface area (Å²) in [4.78, 5) is 14.8. The van der Waals surface area contributed by atoms with Gasteiger partial charge in [-0.2, -0.15) is 0 Å². The van der Waals surface area contributed by atoms with Crippen LogP contribution >= 0.6 is 28.1 Å². The van der Waals surface area contributed by atoms with E-state index in [0.717, 1.165) is 52.3 Å². The van der Waals surface area contributed by atoms with Gasteiger partial charge in [-0.15, -0.1) is 0 Å². The molecule has 1 saturated heterocycles. The van der Waals surface area contributed by atoms with E-state index in [9.17, 15) is 4.79 Å². The third-order valence-corrected chi connectivity index (χ3v) is 5.77. The van der Waals surface area contributed by atoms with E-state index in [0.29, 0.717) is 0 Å². The van der Waals surface area contributed by atoms with E-state index < -0.39 is 0 Å². The van der Waals surface area contributed by atoms with Crippen LogP contribution in [0.5, 0.6) is 0 Å². The second kappa shape index (κ2) is 8.31. The molecule has 0 aromatic heterocycles. The summed E-state index contributed by atoms with van der Waals surface area (Å²) in [6.07, 6.45) is 1.68. The van der Waals surface area contributed by atoms with Crippen LogP contribution in [0.2, 0.25) is 0 Å². The first-order valence-electron chi connectivity index (χ1n) is 8.87. The lowest BCUT2D eigenvalue weighted by Crippen LogP contribution is -2.42. The van der Waals surface area contributed by atoms with E-state index in [2.05, 4.69) is 39.1 Å². The number of carbonyl (C=O) groups excluding carboxylic acids is 1. The quantitative estimate of drug-likeness (QED) is 0.524. The Bertz CT molecular complexity index is 811. The predicted octanol–water partition coefficient (Wildman–Crippen LogP) is 5.36. The fourth-order valence-electron chi connectivity index (χ4n) is 3.26. The maximum absolute atomic E-state index is 12.7. The van der Waals surface area contributed by atoms with Crippen molar-refractivity contribution in [3.05, 3.63) is 63.6 Å². The number of ketones is 1. The van der Waals surface area contributed by atoms with Crippen LogP contribution in [0.4, 0.5) is 5.69 Å². The van der Waals surface area contributed by atoms with E-state index in [1.807, 2.05) is 43.3 Å². The molecule has 1 aliphatic rings. The predicted molar refractivity (Wildman–Crippen MR) is 115 cm³/mol. The van der Waals surface area contributed by atoms with E-state index in [-0.39, 0.29) is 11.7 Å². The van der Waals surface area contributed by atoms with Crippen LogP contribution in [-0.2, 0) is 0 Å². The summed E-state index contributed by atoms with van der Waals surface area (Å²) in [6, 6.07) is 14.0. The fraction of sp³-hybridized carbons (Fsp3) is 0.333. The number of nitrogens with one attached hydrogen (secondary N) is 1. The third-order valence-electron chi connectivity index (χ3n) is 4.92. The Morgan fingerprint density at radius 1 is 1.12 bits per heavy atom. The number of rotatable bonds is 3. The lowest BCUT2D eigenvalue weighted by atomic mass is 9.89.